The average Bonchev–Trinajstić information content (AvgIpc) is 2.32. The SMILES string of the molecule is CCC(C)(C)N(O)C(=O)CNC(C)(C)COC(C)=O. The number of nitrogens with zero attached hydrogens (tertiary/aromatic N) is 1. The van der Waals surface area contributed by atoms with Crippen LogP contribution in [0.2, 0.25) is 0 Å². The number of carbonyl (C=O) groups is 2. The summed E-state index contributed by atoms with van der Waals surface area (Å²) in [6, 6.07) is 0. The van der Waals surface area contributed by atoms with Gasteiger partial charge in [0.25, 0.3) is 5.91 Å². The molecule has 0 aromatic heterocycles. The number of amides is 1. The molecular formula is C13H26N2O4. The first-order valence-electron chi connectivity index (χ1n) is 6.42. The van der Waals surface area contributed by atoms with Crippen molar-refractivity contribution in [3.05, 3.63) is 0 Å². The molecule has 6 heteroatoms. The molecule has 19 heavy (non-hydrogen) atoms. The Bertz CT molecular complexity index is 327. The standard InChI is InChI=1S/C13H26N2O4/c1-7-13(5,6)15(18)11(17)8-14-12(3,4)9-19-10(2)16/h14,18H,7-9H2,1-6H3. The first kappa shape index (κ1) is 17.9. The number of rotatable bonds is 7. The normalized spacial score (nSPS) is 12.2. The van der Waals surface area contributed by atoms with Crippen molar-refractivity contribution in [3.8, 4) is 0 Å². The quantitative estimate of drug-likeness (QED) is 0.416. The van der Waals surface area contributed by atoms with E-state index in [0.717, 1.165) is 5.06 Å². The Balaban J connectivity index is 4.32. The summed E-state index contributed by atoms with van der Waals surface area (Å²) in [6.07, 6.45) is 0.645. The van der Waals surface area contributed by atoms with E-state index in [1.165, 1.54) is 6.92 Å². The number of esters is 1. The summed E-state index contributed by atoms with van der Waals surface area (Å²) in [4.78, 5) is 22.6. The van der Waals surface area contributed by atoms with Gasteiger partial charge in [0.05, 0.1) is 12.1 Å². The van der Waals surface area contributed by atoms with Crippen LogP contribution in [-0.4, -0.2) is 46.4 Å². The number of carbonyl (C=O) groups excluding carboxylic acids is 2. The van der Waals surface area contributed by atoms with Gasteiger partial charge in [-0.15, -0.1) is 0 Å². The highest BCUT2D eigenvalue weighted by molar-refractivity contribution is 5.77. The number of hydrogen-bond acceptors (Lipinski definition) is 5. The van der Waals surface area contributed by atoms with Gasteiger partial charge in [-0.2, -0.15) is 0 Å². The van der Waals surface area contributed by atoms with Crippen LogP contribution in [0.15, 0.2) is 0 Å². The molecule has 0 heterocycles. The number of ether oxygens (including phenoxy) is 1. The molecule has 112 valence electrons. The maximum absolute atomic E-state index is 11.8. The van der Waals surface area contributed by atoms with Crippen molar-refractivity contribution >= 4 is 11.9 Å². The number of hydroxylamine groups is 2. The van der Waals surface area contributed by atoms with E-state index in [2.05, 4.69) is 5.32 Å². The predicted molar refractivity (Wildman–Crippen MR) is 71.7 cm³/mol. The molecule has 0 aliphatic heterocycles. The molecule has 0 fully saturated rings. The highest BCUT2D eigenvalue weighted by Crippen LogP contribution is 2.16. The Morgan fingerprint density at radius 3 is 2.21 bits per heavy atom. The lowest BCUT2D eigenvalue weighted by molar-refractivity contribution is -0.189. The lowest BCUT2D eigenvalue weighted by Crippen LogP contribution is -2.52. The van der Waals surface area contributed by atoms with Crippen molar-refractivity contribution in [3.63, 3.8) is 0 Å². The fourth-order valence-corrected chi connectivity index (χ4v) is 1.21. The fraction of sp³-hybridized carbons (Fsp3) is 0.846. The molecule has 0 radical (unpaired) electrons. The molecule has 1 amide bonds. The van der Waals surface area contributed by atoms with E-state index < -0.39 is 17.0 Å². The summed E-state index contributed by atoms with van der Waals surface area (Å²) in [5, 5.41) is 13.5. The van der Waals surface area contributed by atoms with Gasteiger partial charge in [-0.05, 0) is 34.1 Å². The fourth-order valence-electron chi connectivity index (χ4n) is 1.21. The molecule has 0 aromatic carbocycles. The van der Waals surface area contributed by atoms with Gasteiger partial charge in [0.15, 0.2) is 0 Å². The van der Waals surface area contributed by atoms with Crippen molar-refractivity contribution in [1.29, 1.82) is 0 Å². The minimum atomic E-state index is -0.598. The van der Waals surface area contributed by atoms with Gasteiger partial charge in [0.2, 0.25) is 0 Å². The van der Waals surface area contributed by atoms with Crippen LogP contribution in [0, 0.1) is 0 Å². The molecule has 6 nitrogen and oxygen atoms in total. The summed E-state index contributed by atoms with van der Waals surface area (Å²) in [5.74, 6) is -0.778. The first-order chi connectivity index (χ1) is 8.52. The van der Waals surface area contributed by atoms with Crippen molar-refractivity contribution in [2.45, 2.75) is 59.0 Å². The average molecular weight is 274 g/mol. The monoisotopic (exact) mass is 274 g/mol. The molecule has 0 unspecified atom stereocenters. The van der Waals surface area contributed by atoms with Crippen LogP contribution in [0.4, 0.5) is 0 Å². The highest BCUT2D eigenvalue weighted by Gasteiger charge is 2.29. The first-order valence-corrected chi connectivity index (χ1v) is 6.42. The molecule has 0 aliphatic rings. The zero-order chi connectivity index (χ0) is 15.3. The van der Waals surface area contributed by atoms with E-state index >= 15 is 0 Å². The third-order valence-corrected chi connectivity index (χ3v) is 3.03. The molecule has 0 saturated heterocycles. The Labute approximate surface area is 115 Å². The third kappa shape index (κ3) is 6.54. The molecule has 2 N–H and O–H groups in total. The van der Waals surface area contributed by atoms with Gasteiger partial charge in [-0.1, -0.05) is 6.92 Å². The summed E-state index contributed by atoms with van der Waals surface area (Å²) in [6.45, 7) is 10.6. The van der Waals surface area contributed by atoms with Gasteiger partial charge in [0.1, 0.15) is 6.61 Å². The molecule has 0 saturated carbocycles. The zero-order valence-electron chi connectivity index (χ0n) is 12.7. The summed E-state index contributed by atoms with van der Waals surface area (Å²) >= 11 is 0. The van der Waals surface area contributed by atoms with Crippen LogP contribution in [0.5, 0.6) is 0 Å². The van der Waals surface area contributed by atoms with Gasteiger partial charge in [0, 0.05) is 12.5 Å². The number of nitrogens with one attached hydrogen (secondary N) is 1. The molecule has 0 bridgehead atoms. The molecule has 0 atom stereocenters. The minimum Gasteiger partial charge on any atom is -0.464 e. The Morgan fingerprint density at radius 2 is 1.79 bits per heavy atom. The number of hydrogen-bond donors (Lipinski definition) is 2. The predicted octanol–water partition coefficient (Wildman–Crippen LogP) is 1.32. The summed E-state index contributed by atoms with van der Waals surface area (Å²) in [5.41, 5.74) is -1.13. The zero-order valence-corrected chi connectivity index (χ0v) is 12.7. The van der Waals surface area contributed by atoms with Gasteiger partial charge in [-0.25, -0.2) is 5.06 Å². The molecule has 0 aromatic rings. The van der Waals surface area contributed by atoms with Crippen LogP contribution in [0.25, 0.3) is 0 Å². The van der Waals surface area contributed by atoms with Crippen molar-refractivity contribution in [2.75, 3.05) is 13.2 Å². The van der Waals surface area contributed by atoms with Crippen LogP contribution in [0.3, 0.4) is 0 Å². The Hall–Kier alpha value is -1.14. The van der Waals surface area contributed by atoms with Crippen LogP contribution < -0.4 is 5.32 Å². The van der Waals surface area contributed by atoms with Gasteiger partial charge in [-0.3, -0.25) is 14.8 Å². The maximum Gasteiger partial charge on any atom is 0.302 e. The van der Waals surface area contributed by atoms with E-state index in [1.54, 1.807) is 13.8 Å². The van der Waals surface area contributed by atoms with Gasteiger partial charge >= 0.3 is 5.97 Å². The van der Waals surface area contributed by atoms with Crippen molar-refractivity contribution in [1.82, 2.24) is 10.4 Å². The maximum atomic E-state index is 11.8. The van der Waals surface area contributed by atoms with E-state index in [-0.39, 0.29) is 19.1 Å². The molecule has 0 spiro atoms. The largest absolute Gasteiger partial charge is 0.464 e. The van der Waals surface area contributed by atoms with Crippen molar-refractivity contribution < 1.29 is 19.5 Å². The smallest absolute Gasteiger partial charge is 0.302 e. The lowest BCUT2D eigenvalue weighted by Gasteiger charge is -2.33. The Morgan fingerprint density at radius 1 is 1.26 bits per heavy atom. The van der Waals surface area contributed by atoms with Gasteiger partial charge < -0.3 is 10.1 Å². The minimum absolute atomic E-state index is 0.0196. The van der Waals surface area contributed by atoms with Crippen molar-refractivity contribution in [2.24, 2.45) is 0 Å². The summed E-state index contributed by atoms with van der Waals surface area (Å²) < 4.78 is 4.90. The Kier molecular flexibility index (Phi) is 6.45. The third-order valence-electron chi connectivity index (χ3n) is 3.03. The lowest BCUT2D eigenvalue weighted by atomic mass is 10.0. The van der Waals surface area contributed by atoms with Crippen LogP contribution in [-0.2, 0) is 14.3 Å². The second kappa shape index (κ2) is 6.86. The summed E-state index contributed by atoms with van der Waals surface area (Å²) in [7, 11) is 0. The van der Waals surface area contributed by atoms with Crippen LogP contribution in [0.1, 0.15) is 48.0 Å². The second-order valence-corrected chi connectivity index (χ2v) is 5.89. The molecule has 0 aliphatic carbocycles. The molecular weight excluding hydrogens is 248 g/mol. The van der Waals surface area contributed by atoms with E-state index in [9.17, 15) is 14.8 Å². The van der Waals surface area contributed by atoms with E-state index in [1.807, 2.05) is 20.8 Å². The second-order valence-electron chi connectivity index (χ2n) is 5.89. The van der Waals surface area contributed by atoms with E-state index in [0.29, 0.717) is 6.42 Å². The van der Waals surface area contributed by atoms with Crippen LogP contribution >= 0.6 is 0 Å². The highest BCUT2D eigenvalue weighted by atomic mass is 16.5. The van der Waals surface area contributed by atoms with E-state index in [4.69, 9.17) is 4.74 Å². The topological polar surface area (TPSA) is 78.9 Å². The molecule has 0 rings (SSSR count).